The Bertz CT molecular complexity index is 333. The van der Waals surface area contributed by atoms with Gasteiger partial charge in [0, 0.05) is 11.3 Å². The third-order valence-electron chi connectivity index (χ3n) is 2.40. The Kier molecular flexibility index (Phi) is 4.27. The number of esters is 1. The lowest BCUT2D eigenvalue weighted by Gasteiger charge is -2.11. The lowest BCUT2D eigenvalue weighted by molar-refractivity contribution is 0.0520. The number of thiazole rings is 1. The molecule has 0 bridgehead atoms. The molecule has 1 aromatic heterocycles. The van der Waals surface area contributed by atoms with Crippen molar-refractivity contribution < 1.29 is 9.53 Å². The smallest absolute Gasteiger partial charge is 0.357 e. The highest BCUT2D eigenvalue weighted by molar-refractivity contribution is 7.09. The van der Waals surface area contributed by atoms with E-state index in [-0.39, 0.29) is 5.97 Å². The van der Waals surface area contributed by atoms with Crippen LogP contribution in [-0.4, -0.2) is 17.6 Å². The van der Waals surface area contributed by atoms with Crippen LogP contribution in [0.1, 0.15) is 49.1 Å². The van der Waals surface area contributed by atoms with Crippen LogP contribution >= 0.6 is 11.3 Å². The van der Waals surface area contributed by atoms with Crippen molar-refractivity contribution in [1.29, 1.82) is 0 Å². The molecule has 0 radical (unpaired) electrons. The van der Waals surface area contributed by atoms with E-state index in [0.717, 1.165) is 5.01 Å². The fourth-order valence-electron chi connectivity index (χ4n) is 1.08. The zero-order chi connectivity index (χ0) is 11.4. The number of nitrogens with zero attached hydrogens (tertiary/aromatic N) is 1. The van der Waals surface area contributed by atoms with E-state index in [2.05, 4.69) is 25.8 Å². The second kappa shape index (κ2) is 5.26. The first-order valence-electron chi connectivity index (χ1n) is 5.18. The fourth-order valence-corrected chi connectivity index (χ4v) is 2.10. The Hall–Kier alpha value is -0.900. The van der Waals surface area contributed by atoms with E-state index >= 15 is 0 Å². The Labute approximate surface area is 94.5 Å². The van der Waals surface area contributed by atoms with Crippen LogP contribution in [0.5, 0.6) is 0 Å². The maximum Gasteiger partial charge on any atom is 0.357 e. The predicted octanol–water partition coefficient (Wildman–Crippen LogP) is 3.08. The van der Waals surface area contributed by atoms with Gasteiger partial charge in [0.1, 0.15) is 0 Å². The third kappa shape index (κ3) is 3.02. The molecule has 3 nitrogen and oxygen atoms in total. The van der Waals surface area contributed by atoms with Crippen LogP contribution in [0.25, 0.3) is 0 Å². The molecule has 0 N–H and O–H groups in total. The first kappa shape index (κ1) is 12.2. The van der Waals surface area contributed by atoms with Crippen LogP contribution in [0.4, 0.5) is 0 Å². The van der Waals surface area contributed by atoms with Gasteiger partial charge in [0.25, 0.3) is 0 Å². The summed E-state index contributed by atoms with van der Waals surface area (Å²) in [5.41, 5.74) is 0.435. The third-order valence-corrected chi connectivity index (χ3v) is 3.44. The predicted molar refractivity (Wildman–Crippen MR) is 61.3 cm³/mol. The molecule has 1 unspecified atom stereocenters. The molecular weight excluding hydrogens is 210 g/mol. The van der Waals surface area contributed by atoms with E-state index in [0.29, 0.717) is 24.1 Å². The van der Waals surface area contributed by atoms with Crippen molar-refractivity contribution in [2.75, 3.05) is 6.61 Å². The van der Waals surface area contributed by atoms with Crippen molar-refractivity contribution in [3.63, 3.8) is 0 Å². The van der Waals surface area contributed by atoms with E-state index in [9.17, 15) is 4.79 Å². The van der Waals surface area contributed by atoms with Gasteiger partial charge in [0.05, 0.1) is 11.6 Å². The van der Waals surface area contributed by atoms with Crippen LogP contribution in [0.3, 0.4) is 0 Å². The molecule has 0 fully saturated rings. The molecule has 84 valence electrons. The first-order chi connectivity index (χ1) is 7.06. The number of rotatable bonds is 4. The van der Waals surface area contributed by atoms with Crippen LogP contribution in [0.15, 0.2) is 5.38 Å². The molecule has 1 atom stereocenters. The summed E-state index contributed by atoms with van der Waals surface area (Å²) in [6, 6.07) is 0. The molecular formula is C11H17NO2S. The summed E-state index contributed by atoms with van der Waals surface area (Å²) >= 11 is 1.53. The zero-order valence-corrected chi connectivity index (χ0v) is 10.4. The monoisotopic (exact) mass is 227 g/mol. The van der Waals surface area contributed by atoms with Gasteiger partial charge in [-0.15, -0.1) is 11.3 Å². The number of hydrogen-bond acceptors (Lipinski definition) is 4. The van der Waals surface area contributed by atoms with Crippen molar-refractivity contribution in [2.45, 2.75) is 33.6 Å². The summed E-state index contributed by atoms with van der Waals surface area (Å²) in [5, 5.41) is 2.78. The van der Waals surface area contributed by atoms with E-state index < -0.39 is 0 Å². The van der Waals surface area contributed by atoms with Crippen molar-refractivity contribution >= 4 is 17.3 Å². The van der Waals surface area contributed by atoms with Crippen molar-refractivity contribution in [3.05, 3.63) is 16.1 Å². The molecule has 0 saturated carbocycles. The van der Waals surface area contributed by atoms with Gasteiger partial charge in [-0.2, -0.15) is 0 Å². The van der Waals surface area contributed by atoms with E-state index in [1.165, 1.54) is 11.3 Å². The maximum atomic E-state index is 11.4. The number of hydrogen-bond donors (Lipinski definition) is 0. The minimum atomic E-state index is -0.323. The fraction of sp³-hybridized carbons (Fsp3) is 0.636. The molecule has 0 aromatic carbocycles. The molecule has 0 aliphatic rings. The largest absolute Gasteiger partial charge is 0.461 e. The SMILES string of the molecule is CCOC(=O)c1csc(C(C)C(C)C)n1. The van der Waals surface area contributed by atoms with Gasteiger partial charge in [-0.3, -0.25) is 0 Å². The number of aromatic nitrogens is 1. The highest BCUT2D eigenvalue weighted by Crippen LogP contribution is 2.26. The standard InChI is InChI=1S/C11H17NO2S/c1-5-14-11(13)9-6-15-10(12-9)8(4)7(2)3/h6-8H,5H2,1-4H3. The van der Waals surface area contributed by atoms with E-state index in [1.807, 2.05) is 0 Å². The highest BCUT2D eigenvalue weighted by Gasteiger charge is 2.17. The van der Waals surface area contributed by atoms with Gasteiger partial charge in [0.15, 0.2) is 5.69 Å². The number of ether oxygens (including phenoxy) is 1. The van der Waals surface area contributed by atoms with Crippen molar-refractivity contribution in [1.82, 2.24) is 4.98 Å². The molecule has 1 rings (SSSR count). The summed E-state index contributed by atoms with van der Waals surface area (Å²) in [6.07, 6.45) is 0. The van der Waals surface area contributed by atoms with Gasteiger partial charge in [-0.25, -0.2) is 9.78 Å². The summed E-state index contributed by atoms with van der Waals surface area (Å²) in [7, 11) is 0. The second-order valence-corrected chi connectivity index (χ2v) is 4.71. The van der Waals surface area contributed by atoms with Gasteiger partial charge < -0.3 is 4.74 Å². The van der Waals surface area contributed by atoms with Gasteiger partial charge in [0.2, 0.25) is 0 Å². The van der Waals surface area contributed by atoms with E-state index in [1.54, 1.807) is 12.3 Å². The average Bonchev–Trinajstić information content (AvgIpc) is 2.65. The first-order valence-corrected chi connectivity index (χ1v) is 6.06. The summed E-state index contributed by atoms with van der Waals surface area (Å²) < 4.78 is 4.89. The quantitative estimate of drug-likeness (QED) is 0.742. The van der Waals surface area contributed by atoms with Crippen LogP contribution in [0, 0.1) is 5.92 Å². The number of carbonyl (C=O) groups is 1. The molecule has 4 heteroatoms. The minimum Gasteiger partial charge on any atom is -0.461 e. The topological polar surface area (TPSA) is 39.2 Å². The minimum absolute atomic E-state index is 0.323. The molecule has 0 amide bonds. The molecule has 0 saturated heterocycles. The summed E-state index contributed by atoms with van der Waals surface area (Å²) in [5.74, 6) is 0.598. The second-order valence-electron chi connectivity index (χ2n) is 3.82. The molecule has 1 heterocycles. The Morgan fingerprint density at radius 1 is 1.53 bits per heavy atom. The number of carbonyl (C=O) groups excluding carboxylic acids is 1. The van der Waals surface area contributed by atoms with Crippen LogP contribution < -0.4 is 0 Å². The van der Waals surface area contributed by atoms with Crippen LogP contribution in [-0.2, 0) is 4.74 Å². The average molecular weight is 227 g/mol. The van der Waals surface area contributed by atoms with Crippen molar-refractivity contribution in [2.24, 2.45) is 5.92 Å². The Morgan fingerprint density at radius 2 is 2.20 bits per heavy atom. The molecule has 0 aliphatic heterocycles. The van der Waals surface area contributed by atoms with Gasteiger partial charge in [-0.1, -0.05) is 20.8 Å². The normalized spacial score (nSPS) is 12.9. The maximum absolute atomic E-state index is 11.4. The molecule has 15 heavy (non-hydrogen) atoms. The highest BCUT2D eigenvalue weighted by atomic mass is 32.1. The van der Waals surface area contributed by atoms with Crippen molar-refractivity contribution in [3.8, 4) is 0 Å². The van der Waals surface area contributed by atoms with Crippen LogP contribution in [0.2, 0.25) is 0 Å². The summed E-state index contributed by atoms with van der Waals surface area (Å²) in [4.78, 5) is 15.7. The van der Waals surface area contributed by atoms with E-state index in [4.69, 9.17) is 4.74 Å². The Morgan fingerprint density at radius 3 is 2.73 bits per heavy atom. The molecule has 0 spiro atoms. The zero-order valence-electron chi connectivity index (χ0n) is 9.61. The van der Waals surface area contributed by atoms with Gasteiger partial charge in [-0.05, 0) is 12.8 Å². The molecule has 0 aliphatic carbocycles. The lowest BCUT2D eigenvalue weighted by atomic mass is 9.99. The van der Waals surface area contributed by atoms with Gasteiger partial charge >= 0.3 is 5.97 Å². The summed E-state index contributed by atoms with van der Waals surface area (Å²) in [6.45, 7) is 8.61. The lowest BCUT2D eigenvalue weighted by Crippen LogP contribution is -2.06. The Balaban J connectivity index is 2.76. The molecule has 1 aromatic rings.